The number of halogens is 3. The third-order valence-corrected chi connectivity index (χ3v) is 4.87. The molecule has 2 aromatic rings. The van der Waals surface area contributed by atoms with Gasteiger partial charge in [0, 0.05) is 5.56 Å². The average molecular weight is 467 g/mol. The van der Waals surface area contributed by atoms with Crippen LogP contribution in [0.1, 0.15) is 22.3 Å². The van der Waals surface area contributed by atoms with Crippen LogP contribution in [0.4, 0.5) is 18.9 Å². The number of ether oxygens (including phenoxy) is 3. The zero-order valence-corrected chi connectivity index (χ0v) is 17.8. The van der Waals surface area contributed by atoms with E-state index >= 15 is 0 Å². The predicted molar refractivity (Wildman–Crippen MR) is 109 cm³/mol. The highest BCUT2D eigenvalue weighted by atomic mass is 19.4. The fourth-order valence-corrected chi connectivity index (χ4v) is 3.27. The minimum Gasteiger partial charge on any atom is -0.493 e. The van der Waals surface area contributed by atoms with Crippen molar-refractivity contribution in [3.63, 3.8) is 0 Å². The summed E-state index contributed by atoms with van der Waals surface area (Å²) < 4.78 is 54.5. The van der Waals surface area contributed by atoms with E-state index in [4.69, 9.17) is 14.2 Å². The van der Waals surface area contributed by atoms with Gasteiger partial charge >= 0.3 is 6.18 Å². The number of hydrazine groups is 1. The minimum absolute atomic E-state index is 0.100. The lowest BCUT2D eigenvalue weighted by molar-refractivity contribution is -0.137. The lowest BCUT2D eigenvalue weighted by atomic mass is 10.1. The molecular weight excluding hydrogens is 447 g/mol. The molecule has 0 spiro atoms. The van der Waals surface area contributed by atoms with Gasteiger partial charge in [-0.3, -0.25) is 19.8 Å². The van der Waals surface area contributed by atoms with Gasteiger partial charge < -0.3 is 14.2 Å². The number of benzene rings is 2. The monoisotopic (exact) mass is 467 g/mol. The zero-order valence-electron chi connectivity index (χ0n) is 17.8. The van der Waals surface area contributed by atoms with E-state index in [9.17, 15) is 27.6 Å². The summed E-state index contributed by atoms with van der Waals surface area (Å²) in [5.74, 6) is -1.46. The van der Waals surface area contributed by atoms with Crippen molar-refractivity contribution in [2.24, 2.45) is 0 Å². The van der Waals surface area contributed by atoms with E-state index in [0.717, 1.165) is 12.1 Å². The molecule has 9 nitrogen and oxygen atoms in total. The molecule has 12 heteroatoms. The molecule has 1 aliphatic heterocycles. The van der Waals surface area contributed by atoms with Crippen molar-refractivity contribution in [2.45, 2.75) is 18.6 Å². The van der Waals surface area contributed by atoms with Crippen LogP contribution in [0, 0.1) is 0 Å². The summed E-state index contributed by atoms with van der Waals surface area (Å²) in [7, 11) is 4.16. The lowest BCUT2D eigenvalue weighted by Crippen LogP contribution is -2.48. The van der Waals surface area contributed by atoms with Crippen molar-refractivity contribution in [1.29, 1.82) is 0 Å². The van der Waals surface area contributed by atoms with Crippen LogP contribution in [-0.4, -0.2) is 45.1 Å². The van der Waals surface area contributed by atoms with E-state index in [2.05, 4.69) is 10.9 Å². The molecule has 0 aromatic heterocycles. The second kappa shape index (κ2) is 9.36. The first-order valence-electron chi connectivity index (χ1n) is 9.50. The number of nitrogens with zero attached hydrogens (tertiary/aromatic N) is 1. The number of carbonyl (C=O) groups excluding carboxylic acids is 3. The third kappa shape index (κ3) is 4.85. The van der Waals surface area contributed by atoms with E-state index in [1.165, 1.54) is 39.5 Å². The second-order valence-electron chi connectivity index (χ2n) is 6.88. The highest BCUT2D eigenvalue weighted by molar-refractivity contribution is 6.22. The van der Waals surface area contributed by atoms with Gasteiger partial charge in [-0.1, -0.05) is 6.07 Å². The third-order valence-electron chi connectivity index (χ3n) is 4.87. The Labute approximate surface area is 186 Å². The van der Waals surface area contributed by atoms with Gasteiger partial charge in [0.05, 0.1) is 39.0 Å². The summed E-state index contributed by atoms with van der Waals surface area (Å²) in [5.41, 5.74) is 3.68. The van der Waals surface area contributed by atoms with Crippen molar-refractivity contribution in [3.05, 3.63) is 47.5 Å². The predicted octanol–water partition coefficient (Wildman–Crippen LogP) is 2.30. The number of hydrogen-bond donors (Lipinski definition) is 2. The molecule has 3 rings (SSSR count). The number of anilines is 1. The first kappa shape index (κ1) is 23.9. The summed E-state index contributed by atoms with van der Waals surface area (Å²) in [6.07, 6.45) is -4.99. The number of methoxy groups -OCH3 is 3. The van der Waals surface area contributed by atoms with E-state index in [-0.39, 0.29) is 34.9 Å². The highest BCUT2D eigenvalue weighted by Crippen LogP contribution is 2.38. The number of carbonyl (C=O) groups is 3. The molecule has 33 heavy (non-hydrogen) atoms. The summed E-state index contributed by atoms with van der Waals surface area (Å²) in [4.78, 5) is 38.2. The molecule has 0 aliphatic carbocycles. The molecule has 1 aliphatic rings. The Morgan fingerprint density at radius 3 is 2.21 bits per heavy atom. The Kier molecular flexibility index (Phi) is 6.77. The van der Waals surface area contributed by atoms with Crippen LogP contribution >= 0.6 is 0 Å². The van der Waals surface area contributed by atoms with Gasteiger partial charge in [-0.05, 0) is 30.3 Å². The molecule has 176 valence electrons. The summed E-state index contributed by atoms with van der Waals surface area (Å²) in [5, 5.41) is 0. The Bertz CT molecular complexity index is 1060. The van der Waals surface area contributed by atoms with E-state index in [1.54, 1.807) is 0 Å². The quantitative estimate of drug-likeness (QED) is 0.476. The van der Waals surface area contributed by atoms with Crippen molar-refractivity contribution in [2.75, 3.05) is 26.2 Å². The second-order valence-corrected chi connectivity index (χ2v) is 6.88. The van der Waals surface area contributed by atoms with E-state index in [0.29, 0.717) is 11.0 Å². The van der Waals surface area contributed by atoms with E-state index < -0.39 is 35.5 Å². The fraction of sp³-hybridized carbons (Fsp3) is 0.286. The molecule has 2 aromatic carbocycles. The number of hydrogen-bond acceptors (Lipinski definition) is 7. The molecule has 0 radical (unpaired) electrons. The topological polar surface area (TPSA) is 106 Å². The maximum absolute atomic E-state index is 13.0. The Balaban J connectivity index is 1.74. The first-order valence-corrected chi connectivity index (χ1v) is 9.50. The maximum Gasteiger partial charge on any atom is 0.416 e. The highest BCUT2D eigenvalue weighted by Gasteiger charge is 2.41. The van der Waals surface area contributed by atoms with Crippen LogP contribution < -0.4 is 30.0 Å². The number of alkyl halides is 3. The van der Waals surface area contributed by atoms with Gasteiger partial charge in [-0.15, -0.1) is 0 Å². The molecule has 2 N–H and O–H groups in total. The van der Waals surface area contributed by atoms with Crippen molar-refractivity contribution in [3.8, 4) is 17.2 Å². The molecule has 0 bridgehead atoms. The molecule has 1 saturated heterocycles. The van der Waals surface area contributed by atoms with Crippen LogP contribution in [0.3, 0.4) is 0 Å². The first-order chi connectivity index (χ1) is 15.6. The SMILES string of the molecule is COc1cc(C(=O)NNC2CC(=O)N(c3cccc(C(F)(F)F)c3)C2=O)cc(OC)c1OC. The van der Waals surface area contributed by atoms with Gasteiger partial charge in [-0.2, -0.15) is 13.2 Å². The van der Waals surface area contributed by atoms with Gasteiger partial charge in [0.15, 0.2) is 11.5 Å². The van der Waals surface area contributed by atoms with Gasteiger partial charge in [-0.25, -0.2) is 10.3 Å². The molecule has 1 atom stereocenters. The molecule has 0 saturated carbocycles. The van der Waals surface area contributed by atoms with Gasteiger partial charge in [0.2, 0.25) is 11.7 Å². The number of rotatable bonds is 7. The Morgan fingerprint density at radius 1 is 1.03 bits per heavy atom. The largest absolute Gasteiger partial charge is 0.493 e. The normalized spacial score (nSPS) is 16.1. The lowest BCUT2D eigenvalue weighted by Gasteiger charge is -2.18. The average Bonchev–Trinajstić information content (AvgIpc) is 3.08. The van der Waals surface area contributed by atoms with Crippen molar-refractivity contribution >= 4 is 23.4 Å². The molecular formula is C21H20F3N3O6. The van der Waals surface area contributed by atoms with Crippen LogP contribution in [0.15, 0.2) is 36.4 Å². The zero-order chi connectivity index (χ0) is 24.3. The van der Waals surface area contributed by atoms with Crippen molar-refractivity contribution in [1.82, 2.24) is 10.9 Å². The van der Waals surface area contributed by atoms with Crippen molar-refractivity contribution < 1.29 is 41.8 Å². The minimum atomic E-state index is -4.63. The summed E-state index contributed by atoms with van der Waals surface area (Å²) in [6.45, 7) is 0. The fourth-order valence-electron chi connectivity index (χ4n) is 3.27. The molecule has 3 amide bonds. The van der Waals surface area contributed by atoms with Crippen LogP contribution in [0.5, 0.6) is 17.2 Å². The molecule has 1 fully saturated rings. The summed E-state index contributed by atoms with van der Waals surface area (Å²) >= 11 is 0. The summed E-state index contributed by atoms with van der Waals surface area (Å²) in [6, 6.07) is 5.48. The standard InChI is InChI=1S/C21H20F3N3O6/c1-31-15-7-11(8-16(32-2)18(15)33-3)19(29)26-25-14-10-17(28)27(20(14)30)13-6-4-5-12(9-13)21(22,23)24/h4-9,14,25H,10H2,1-3H3,(H,26,29). The van der Waals surface area contributed by atoms with E-state index in [1.807, 2.05) is 0 Å². The molecule has 1 unspecified atom stereocenters. The van der Waals surface area contributed by atoms with Crippen LogP contribution in [0.2, 0.25) is 0 Å². The Morgan fingerprint density at radius 2 is 1.67 bits per heavy atom. The number of imide groups is 1. The molecule has 1 heterocycles. The van der Waals surface area contributed by atoms with Gasteiger partial charge in [0.1, 0.15) is 6.04 Å². The Hall–Kier alpha value is -3.80. The van der Waals surface area contributed by atoms with Crippen LogP contribution in [-0.2, 0) is 15.8 Å². The smallest absolute Gasteiger partial charge is 0.416 e. The maximum atomic E-state index is 13.0. The number of amides is 3. The van der Waals surface area contributed by atoms with Crippen LogP contribution in [0.25, 0.3) is 0 Å². The number of nitrogens with one attached hydrogen (secondary N) is 2. The van der Waals surface area contributed by atoms with Gasteiger partial charge in [0.25, 0.3) is 11.8 Å².